The van der Waals surface area contributed by atoms with Crippen LogP contribution in [0, 0.1) is 0 Å². The average molecular weight is 492 g/mol. The van der Waals surface area contributed by atoms with Gasteiger partial charge in [0.2, 0.25) is 0 Å². The number of imidazole rings is 1. The molecule has 0 saturated heterocycles. The van der Waals surface area contributed by atoms with Crippen molar-refractivity contribution in [1.82, 2.24) is 14.1 Å². The first-order valence-electron chi connectivity index (χ1n) is 9.77. The Labute approximate surface area is 195 Å². The topological polar surface area (TPSA) is 90.2 Å². The lowest BCUT2D eigenvalue weighted by atomic mass is 10.2. The number of anilines is 2. The standard InChI is InChI=1S/C22H17ClF3N5O3/c1-30-18-17(8-9-27-19(18)31(2)21(30)33)34-14-5-3-4-12(10-14)28-20(32)29-13-6-7-16(23)15(11-13)22(24,25)26/h3-11H,1-2H3,(H2,28,29,32). The van der Waals surface area contributed by atoms with Gasteiger partial charge >= 0.3 is 17.9 Å². The average Bonchev–Trinajstić information content (AvgIpc) is 2.99. The van der Waals surface area contributed by atoms with Crippen LogP contribution in [-0.2, 0) is 20.3 Å². The molecule has 8 nitrogen and oxygen atoms in total. The quantitative estimate of drug-likeness (QED) is 0.401. The fraction of sp³-hybridized carbons (Fsp3) is 0.136. The molecule has 4 aromatic rings. The third-order valence-electron chi connectivity index (χ3n) is 4.94. The van der Waals surface area contributed by atoms with Crippen LogP contribution in [0.2, 0.25) is 5.02 Å². The molecule has 0 radical (unpaired) electrons. The van der Waals surface area contributed by atoms with Crippen LogP contribution in [0.1, 0.15) is 5.56 Å². The second-order valence-corrected chi connectivity index (χ2v) is 7.69. The Hall–Kier alpha value is -3.99. The first-order chi connectivity index (χ1) is 16.0. The highest BCUT2D eigenvalue weighted by Gasteiger charge is 2.33. The van der Waals surface area contributed by atoms with Crippen molar-refractivity contribution in [2.24, 2.45) is 14.1 Å². The molecule has 2 amide bonds. The number of hydrogen-bond donors (Lipinski definition) is 2. The van der Waals surface area contributed by atoms with Crippen molar-refractivity contribution in [2.75, 3.05) is 10.6 Å². The second-order valence-electron chi connectivity index (χ2n) is 7.28. The van der Waals surface area contributed by atoms with Gasteiger partial charge in [-0.1, -0.05) is 17.7 Å². The number of aromatic nitrogens is 3. The first kappa shape index (κ1) is 23.2. The summed E-state index contributed by atoms with van der Waals surface area (Å²) < 4.78 is 47.8. The van der Waals surface area contributed by atoms with E-state index in [1.165, 1.54) is 27.5 Å². The van der Waals surface area contributed by atoms with Gasteiger partial charge in [0, 0.05) is 43.8 Å². The van der Waals surface area contributed by atoms with E-state index >= 15 is 0 Å². The number of nitrogens with one attached hydrogen (secondary N) is 2. The van der Waals surface area contributed by atoms with Crippen molar-refractivity contribution in [3.8, 4) is 11.5 Å². The predicted molar refractivity (Wildman–Crippen MR) is 122 cm³/mol. The Bertz CT molecular complexity index is 1460. The summed E-state index contributed by atoms with van der Waals surface area (Å²) in [6.45, 7) is 0. The fourth-order valence-corrected chi connectivity index (χ4v) is 3.58. The number of urea groups is 1. The zero-order chi connectivity index (χ0) is 24.6. The molecule has 2 aromatic heterocycles. The smallest absolute Gasteiger partial charge is 0.417 e. The summed E-state index contributed by atoms with van der Waals surface area (Å²) in [5.41, 5.74) is -0.130. The van der Waals surface area contributed by atoms with Crippen LogP contribution in [0.15, 0.2) is 59.5 Å². The number of nitrogens with zero attached hydrogens (tertiary/aromatic N) is 3. The third-order valence-corrected chi connectivity index (χ3v) is 5.27. The Morgan fingerprint density at radius 3 is 2.44 bits per heavy atom. The van der Waals surface area contributed by atoms with Gasteiger partial charge in [-0.2, -0.15) is 13.2 Å². The van der Waals surface area contributed by atoms with Crippen LogP contribution >= 0.6 is 11.6 Å². The van der Waals surface area contributed by atoms with Crippen molar-refractivity contribution < 1.29 is 22.7 Å². The Morgan fingerprint density at radius 2 is 1.74 bits per heavy atom. The maximum atomic E-state index is 13.0. The number of aryl methyl sites for hydroxylation is 2. The summed E-state index contributed by atoms with van der Waals surface area (Å²) >= 11 is 5.60. The van der Waals surface area contributed by atoms with Crippen molar-refractivity contribution in [3.05, 3.63) is 75.8 Å². The van der Waals surface area contributed by atoms with E-state index in [9.17, 15) is 22.8 Å². The minimum absolute atomic E-state index is 0.0780. The minimum Gasteiger partial charge on any atom is -0.455 e. The summed E-state index contributed by atoms with van der Waals surface area (Å²) in [4.78, 5) is 28.8. The van der Waals surface area contributed by atoms with Crippen molar-refractivity contribution in [3.63, 3.8) is 0 Å². The number of pyridine rings is 1. The lowest BCUT2D eigenvalue weighted by Crippen LogP contribution is -2.20. The Morgan fingerprint density at radius 1 is 1.03 bits per heavy atom. The molecule has 0 spiro atoms. The molecule has 0 aliphatic rings. The van der Waals surface area contributed by atoms with E-state index in [0.29, 0.717) is 28.4 Å². The number of amides is 2. The van der Waals surface area contributed by atoms with Crippen molar-refractivity contribution in [1.29, 1.82) is 0 Å². The molecule has 0 bridgehead atoms. The summed E-state index contributed by atoms with van der Waals surface area (Å²) in [7, 11) is 3.20. The second kappa shape index (κ2) is 8.75. The molecule has 34 heavy (non-hydrogen) atoms. The molecule has 2 N–H and O–H groups in total. The van der Waals surface area contributed by atoms with Gasteiger partial charge in [0.1, 0.15) is 11.3 Å². The molecule has 4 rings (SSSR count). The zero-order valence-electron chi connectivity index (χ0n) is 17.8. The van der Waals surface area contributed by atoms with Gasteiger partial charge in [0.15, 0.2) is 11.4 Å². The molecular formula is C22H17ClF3N5O3. The molecule has 2 heterocycles. The molecule has 0 unspecified atom stereocenters. The van der Waals surface area contributed by atoms with E-state index in [-0.39, 0.29) is 11.4 Å². The van der Waals surface area contributed by atoms with Crippen LogP contribution in [0.3, 0.4) is 0 Å². The number of hydrogen-bond acceptors (Lipinski definition) is 4. The molecule has 0 aliphatic carbocycles. The van der Waals surface area contributed by atoms with E-state index in [1.54, 1.807) is 38.4 Å². The molecule has 0 fully saturated rings. The first-order valence-corrected chi connectivity index (χ1v) is 10.2. The van der Waals surface area contributed by atoms with Gasteiger partial charge in [-0.25, -0.2) is 14.6 Å². The number of alkyl halides is 3. The summed E-state index contributed by atoms with van der Waals surface area (Å²) in [5.74, 6) is 0.736. The minimum atomic E-state index is -4.66. The molecule has 0 atom stereocenters. The van der Waals surface area contributed by atoms with Gasteiger partial charge < -0.3 is 15.4 Å². The highest BCUT2D eigenvalue weighted by atomic mass is 35.5. The van der Waals surface area contributed by atoms with Crippen LogP contribution in [-0.4, -0.2) is 20.1 Å². The van der Waals surface area contributed by atoms with E-state index in [4.69, 9.17) is 16.3 Å². The van der Waals surface area contributed by atoms with Crippen LogP contribution in [0.5, 0.6) is 11.5 Å². The van der Waals surface area contributed by atoms with E-state index in [0.717, 1.165) is 12.1 Å². The van der Waals surface area contributed by atoms with Crippen molar-refractivity contribution >= 4 is 40.2 Å². The molecule has 176 valence electrons. The lowest BCUT2D eigenvalue weighted by molar-refractivity contribution is -0.137. The Balaban J connectivity index is 1.52. The number of ether oxygens (including phenoxy) is 1. The van der Waals surface area contributed by atoms with E-state index in [1.807, 2.05) is 0 Å². The highest BCUT2D eigenvalue weighted by Crippen LogP contribution is 2.36. The van der Waals surface area contributed by atoms with Gasteiger partial charge in [-0.3, -0.25) is 9.13 Å². The van der Waals surface area contributed by atoms with Crippen LogP contribution < -0.4 is 21.1 Å². The molecule has 0 aliphatic heterocycles. The monoisotopic (exact) mass is 491 g/mol. The van der Waals surface area contributed by atoms with Gasteiger partial charge in [0.05, 0.1) is 10.6 Å². The van der Waals surface area contributed by atoms with Gasteiger partial charge in [0.25, 0.3) is 0 Å². The molecule has 2 aromatic carbocycles. The number of carbonyl (C=O) groups is 1. The molecule has 0 saturated carbocycles. The zero-order valence-corrected chi connectivity index (χ0v) is 18.5. The number of carbonyl (C=O) groups excluding carboxylic acids is 1. The largest absolute Gasteiger partial charge is 0.455 e. The third kappa shape index (κ3) is 4.55. The van der Waals surface area contributed by atoms with Crippen molar-refractivity contribution in [2.45, 2.75) is 6.18 Å². The fourth-order valence-electron chi connectivity index (χ4n) is 3.36. The lowest BCUT2D eigenvalue weighted by Gasteiger charge is -2.13. The molecule has 12 heteroatoms. The summed E-state index contributed by atoms with van der Waals surface area (Å²) in [6.07, 6.45) is -3.15. The number of halogens is 4. The normalized spacial score (nSPS) is 11.5. The predicted octanol–water partition coefficient (Wildman–Crippen LogP) is 5.38. The summed E-state index contributed by atoms with van der Waals surface area (Å²) in [5, 5.41) is 4.41. The SMILES string of the molecule is Cn1c(=O)n(C)c2c(Oc3cccc(NC(=O)Nc4ccc(Cl)c(C(F)(F)F)c4)c3)ccnc21. The number of rotatable bonds is 4. The van der Waals surface area contributed by atoms with E-state index in [2.05, 4.69) is 15.6 Å². The van der Waals surface area contributed by atoms with Gasteiger partial charge in [-0.15, -0.1) is 0 Å². The highest BCUT2D eigenvalue weighted by molar-refractivity contribution is 6.31. The maximum Gasteiger partial charge on any atom is 0.417 e. The molecular weight excluding hydrogens is 475 g/mol. The van der Waals surface area contributed by atoms with Crippen LogP contribution in [0.4, 0.5) is 29.3 Å². The summed E-state index contributed by atoms with van der Waals surface area (Å²) in [6, 6.07) is 10.3. The Kier molecular flexibility index (Phi) is 5.96. The van der Waals surface area contributed by atoms with E-state index < -0.39 is 22.8 Å². The van der Waals surface area contributed by atoms with Crippen LogP contribution in [0.25, 0.3) is 11.2 Å². The number of fused-ring (bicyclic) bond motifs is 1. The number of benzene rings is 2. The van der Waals surface area contributed by atoms with Gasteiger partial charge in [-0.05, 0) is 30.3 Å². The maximum absolute atomic E-state index is 13.0.